The van der Waals surface area contributed by atoms with E-state index in [4.69, 9.17) is 11.6 Å². The van der Waals surface area contributed by atoms with Crippen LogP contribution in [0.5, 0.6) is 0 Å². The van der Waals surface area contributed by atoms with E-state index in [2.05, 4.69) is 4.90 Å². The van der Waals surface area contributed by atoms with Gasteiger partial charge in [-0.05, 0) is 38.2 Å². The summed E-state index contributed by atoms with van der Waals surface area (Å²) < 4.78 is 26.4. The van der Waals surface area contributed by atoms with Gasteiger partial charge in [-0.3, -0.25) is 0 Å². The first kappa shape index (κ1) is 13.8. The summed E-state index contributed by atoms with van der Waals surface area (Å²) in [6.07, 6.45) is 0. The number of benzene rings is 1. The summed E-state index contributed by atoms with van der Waals surface area (Å²) in [6.45, 7) is 3.85. The molecule has 1 aliphatic rings. The standard InChI is InChI=1S/C12H17ClN2O2S/c1-10-9-15(8-7-14(10)2)18(16,17)12-5-3-11(13)4-6-12/h3-6,10H,7-9H2,1-2H3. The van der Waals surface area contributed by atoms with Gasteiger partial charge in [0.15, 0.2) is 0 Å². The van der Waals surface area contributed by atoms with Crippen molar-refractivity contribution in [2.75, 3.05) is 26.7 Å². The van der Waals surface area contributed by atoms with Gasteiger partial charge in [-0.1, -0.05) is 11.6 Å². The maximum absolute atomic E-state index is 12.4. The first-order valence-electron chi connectivity index (χ1n) is 5.87. The zero-order chi connectivity index (χ0) is 13.3. The van der Waals surface area contributed by atoms with Crippen LogP contribution in [-0.4, -0.2) is 50.3 Å². The smallest absolute Gasteiger partial charge is 0.243 e. The van der Waals surface area contributed by atoms with Crippen molar-refractivity contribution in [2.24, 2.45) is 0 Å². The minimum Gasteiger partial charge on any atom is -0.301 e. The van der Waals surface area contributed by atoms with Gasteiger partial charge in [0.05, 0.1) is 4.90 Å². The summed E-state index contributed by atoms with van der Waals surface area (Å²) in [5, 5.41) is 0.542. The molecule has 18 heavy (non-hydrogen) atoms. The summed E-state index contributed by atoms with van der Waals surface area (Å²) in [4.78, 5) is 2.47. The summed E-state index contributed by atoms with van der Waals surface area (Å²) in [6, 6.07) is 6.56. The molecule has 1 aliphatic heterocycles. The monoisotopic (exact) mass is 288 g/mol. The van der Waals surface area contributed by atoms with Gasteiger partial charge in [0.25, 0.3) is 0 Å². The lowest BCUT2D eigenvalue weighted by Gasteiger charge is -2.36. The number of rotatable bonds is 2. The number of hydrogen-bond acceptors (Lipinski definition) is 3. The van der Waals surface area contributed by atoms with Crippen LogP contribution in [-0.2, 0) is 10.0 Å². The quantitative estimate of drug-likeness (QED) is 0.831. The first-order valence-corrected chi connectivity index (χ1v) is 7.69. The van der Waals surface area contributed by atoms with E-state index < -0.39 is 10.0 Å². The molecule has 1 aromatic carbocycles. The fourth-order valence-corrected chi connectivity index (χ4v) is 3.63. The van der Waals surface area contributed by atoms with Gasteiger partial charge in [-0.25, -0.2) is 8.42 Å². The summed E-state index contributed by atoms with van der Waals surface area (Å²) >= 11 is 5.77. The maximum atomic E-state index is 12.4. The molecule has 2 rings (SSSR count). The van der Waals surface area contributed by atoms with Gasteiger partial charge < -0.3 is 4.90 Å². The average Bonchev–Trinajstić information content (AvgIpc) is 2.33. The molecular weight excluding hydrogens is 272 g/mol. The van der Waals surface area contributed by atoms with Gasteiger partial charge >= 0.3 is 0 Å². The highest BCUT2D eigenvalue weighted by molar-refractivity contribution is 7.89. The van der Waals surface area contributed by atoms with Gasteiger partial charge in [0, 0.05) is 30.7 Å². The summed E-state index contributed by atoms with van der Waals surface area (Å²) in [5.41, 5.74) is 0. The van der Waals surface area contributed by atoms with Crippen molar-refractivity contribution >= 4 is 21.6 Å². The highest BCUT2D eigenvalue weighted by Crippen LogP contribution is 2.20. The molecule has 0 bridgehead atoms. The molecule has 0 amide bonds. The van der Waals surface area contributed by atoms with E-state index in [0.717, 1.165) is 6.54 Å². The van der Waals surface area contributed by atoms with Crippen LogP contribution in [0, 0.1) is 0 Å². The molecule has 1 fully saturated rings. The molecule has 1 saturated heterocycles. The number of likely N-dealkylation sites (N-methyl/N-ethyl adjacent to an activating group) is 1. The molecule has 0 radical (unpaired) electrons. The number of nitrogens with zero attached hydrogens (tertiary/aromatic N) is 2. The van der Waals surface area contributed by atoms with Crippen molar-refractivity contribution in [3.8, 4) is 0 Å². The largest absolute Gasteiger partial charge is 0.301 e. The molecule has 0 saturated carbocycles. The lowest BCUT2D eigenvalue weighted by Crippen LogP contribution is -2.51. The number of piperazine rings is 1. The topological polar surface area (TPSA) is 40.6 Å². The minimum absolute atomic E-state index is 0.237. The van der Waals surface area contributed by atoms with Gasteiger partial charge in [0.1, 0.15) is 0 Å². The van der Waals surface area contributed by atoms with Crippen molar-refractivity contribution in [1.29, 1.82) is 0 Å². The molecule has 4 nitrogen and oxygen atoms in total. The Hall–Kier alpha value is -0.620. The normalized spacial score (nSPS) is 23.2. The van der Waals surface area contributed by atoms with Crippen LogP contribution < -0.4 is 0 Å². The van der Waals surface area contributed by atoms with Crippen LogP contribution in [0.4, 0.5) is 0 Å². The zero-order valence-corrected chi connectivity index (χ0v) is 12.1. The van der Waals surface area contributed by atoms with Crippen molar-refractivity contribution in [3.05, 3.63) is 29.3 Å². The molecule has 1 aromatic rings. The Balaban J connectivity index is 2.24. The van der Waals surface area contributed by atoms with Crippen molar-refractivity contribution in [3.63, 3.8) is 0 Å². The SMILES string of the molecule is CC1CN(S(=O)(=O)c2ccc(Cl)cc2)CCN1C. The van der Waals surface area contributed by atoms with E-state index in [9.17, 15) is 8.42 Å². The molecule has 0 aliphatic carbocycles. The van der Waals surface area contributed by atoms with Gasteiger partial charge in [-0.2, -0.15) is 4.31 Å². The lowest BCUT2D eigenvalue weighted by atomic mass is 10.2. The van der Waals surface area contributed by atoms with Crippen molar-refractivity contribution in [1.82, 2.24) is 9.21 Å². The molecule has 1 heterocycles. The Kier molecular flexibility index (Phi) is 3.96. The zero-order valence-electron chi connectivity index (χ0n) is 10.5. The Morgan fingerprint density at radius 1 is 1.22 bits per heavy atom. The number of hydrogen-bond donors (Lipinski definition) is 0. The predicted molar refractivity (Wildman–Crippen MR) is 72.3 cm³/mol. The predicted octanol–water partition coefficient (Wildman–Crippen LogP) is 1.66. The molecular formula is C12H17ClN2O2S. The molecule has 0 spiro atoms. The Bertz CT molecular complexity index is 515. The molecule has 0 N–H and O–H groups in total. The van der Waals surface area contributed by atoms with Crippen molar-refractivity contribution in [2.45, 2.75) is 17.9 Å². The first-order chi connectivity index (χ1) is 8.41. The fraction of sp³-hybridized carbons (Fsp3) is 0.500. The van der Waals surface area contributed by atoms with Gasteiger partial charge in [-0.15, -0.1) is 0 Å². The highest BCUT2D eigenvalue weighted by Gasteiger charge is 2.30. The average molecular weight is 289 g/mol. The van der Waals surface area contributed by atoms with Crippen LogP contribution >= 0.6 is 11.6 Å². The van der Waals surface area contributed by atoms with Crippen LogP contribution in [0.2, 0.25) is 5.02 Å². The second-order valence-corrected chi connectivity index (χ2v) is 7.02. The van der Waals surface area contributed by atoms with E-state index in [-0.39, 0.29) is 6.04 Å². The second-order valence-electron chi connectivity index (χ2n) is 4.65. The van der Waals surface area contributed by atoms with Gasteiger partial charge in [0.2, 0.25) is 10.0 Å². The third kappa shape index (κ3) is 2.69. The van der Waals surface area contributed by atoms with Crippen molar-refractivity contribution < 1.29 is 8.42 Å². The minimum atomic E-state index is -3.39. The van der Waals surface area contributed by atoms with Crippen LogP contribution in [0.25, 0.3) is 0 Å². The number of sulfonamides is 1. The third-order valence-corrected chi connectivity index (χ3v) is 5.51. The van der Waals surface area contributed by atoms with Crippen LogP contribution in [0.15, 0.2) is 29.2 Å². The molecule has 1 atom stereocenters. The summed E-state index contributed by atoms with van der Waals surface area (Å²) in [7, 11) is -1.38. The Morgan fingerprint density at radius 2 is 1.83 bits per heavy atom. The Morgan fingerprint density at radius 3 is 2.39 bits per heavy atom. The van der Waals surface area contributed by atoms with Crippen LogP contribution in [0.1, 0.15) is 6.92 Å². The van der Waals surface area contributed by atoms with Crippen LogP contribution in [0.3, 0.4) is 0 Å². The number of halogens is 1. The maximum Gasteiger partial charge on any atom is 0.243 e. The van der Waals surface area contributed by atoms with E-state index >= 15 is 0 Å². The Labute approximate surface area is 113 Å². The summed E-state index contributed by atoms with van der Waals surface area (Å²) in [5.74, 6) is 0. The highest BCUT2D eigenvalue weighted by atomic mass is 35.5. The molecule has 1 unspecified atom stereocenters. The van der Waals surface area contributed by atoms with E-state index in [1.165, 1.54) is 0 Å². The van der Waals surface area contributed by atoms with E-state index in [1.54, 1.807) is 28.6 Å². The lowest BCUT2D eigenvalue weighted by molar-refractivity contribution is 0.159. The molecule has 100 valence electrons. The molecule has 6 heteroatoms. The van der Waals surface area contributed by atoms with E-state index in [1.807, 2.05) is 14.0 Å². The third-order valence-electron chi connectivity index (χ3n) is 3.37. The second kappa shape index (κ2) is 5.17. The molecule has 0 aromatic heterocycles. The fourth-order valence-electron chi connectivity index (χ4n) is 1.99. The van der Waals surface area contributed by atoms with E-state index in [0.29, 0.717) is 23.0 Å².